The highest BCUT2D eigenvalue weighted by atomic mass is 16.2. The second-order valence-corrected chi connectivity index (χ2v) is 20.0. The topological polar surface area (TPSA) is 106 Å². The van der Waals surface area contributed by atoms with Crippen LogP contribution in [0.25, 0.3) is 32.3 Å². The van der Waals surface area contributed by atoms with Crippen LogP contribution in [0.15, 0.2) is 277 Å². The van der Waals surface area contributed by atoms with E-state index in [0.717, 1.165) is 56.0 Å². The monoisotopic (exact) mass is 1060 g/mol. The van der Waals surface area contributed by atoms with Crippen LogP contribution in [0, 0.1) is 0 Å². The first-order valence-corrected chi connectivity index (χ1v) is 26.9. The van der Waals surface area contributed by atoms with Crippen molar-refractivity contribution in [1.29, 1.82) is 0 Å². The van der Waals surface area contributed by atoms with Gasteiger partial charge in [-0.15, -0.1) is 0 Å². The molecule has 0 radical (unpaired) electrons. The molecule has 0 bridgehead atoms. The van der Waals surface area contributed by atoms with E-state index in [1.165, 1.54) is 9.80 Å². The molecule has 0 atom stereocenters. The number of para-hydroxylation sites is 4. The Morgan fingerprint density at radius 2 is 0.549 bits per heavy atom. The number of anilines is 8. The molecule has 10 nitrogen and oxygen atoms in total. The van der Waals surface area contributed by atoms with Gasteiger partial charge in [0.05, 0.1) is 22.7 Å². The van der Waals surface area contributed by atoms with Gasteiger partial charge in [-0.1, -0.05) is 146 Å². The molecule has 0 unspecified atom stereocenters. The van der Waals surface area contributed by atoms with Crippen LogP contribution >= 0.6 is 0 Å². The minimum absolute atomic E-state index is 0.212. The van der Waals surface area contributed by atoms with Crippen molar-refractivity contribution in [3.05, 3.63) is 300 Å². The third-order valence-corrected chi connectivity index (χ3v) is 15.2. The summed E-state index contributed by atoms with van der Waals surface area (Å²) in [7, 11) is 0. The summed E-state index contributed by atoms with van der Waals surface area (Å²) in [5, 5.41) is 3.35. The number of benzene rings is 12. The summed E-state index contributed by atoms with van der Waals surface area (Å²) in [6, 6.07) is 85.8. The number of hydrogen-bond acceptors (Lipinski definition) is 8. The van der Waals surface area contributed by atoms with Crippen LogP contribution < -0.4 is 19.6 Å². The zero-order valence-corrected chi connectivity index (χ0v) is 43.9. The van der Waals surface area contributed by atoms with Crippen LogP contribution in [0.2, 0.25) is 0 Å². The van der Waals surface area contributed by atoms with Crippen molar-refractivity contribution in [1.82, 2.24) is 0 Å². The van der Waals surface area contributed by atoms with Gasteiger partial charge >= 0.3 is 0 Å². The Morgan fingerprint density at radius 3 is 0.866 bits per heavy atom. The van der Waals surface area contributed by atoms with Crippen molar-refractivity contribution in [2.45, 2.75) is 0 Å². The van der Waals surface area contributed by atoms with Crippen LogP contribution in [0.3, 0.4) is 0 Å². The van der Waals surface area contributed by atoms with E-state index in [9.17, 15) is 19.2 Å². The van der Waals surface area contributed by atoms with Gasteiger partial charge in [-0.3, -0.25) is 29.2 Å². The quantitative estimate of drug-likeness (QED) is 0.0891. The summed E-state index contributed by atoms with van der Waals surface area (Å²) < 4.78 is 0. The highest BCUT2D eigenvalue weighted by molar-refractivity contribution is 6.43. The normalized spacial score (nSPS) is 13.1. The van der Waals surface area contributed by atoms with Crippen LogP contribution in [-0.2, 0) is 0 Å². The lowest BCUT2D eigenvalue weighted by molar-refractivity contribution is 0.0873. The molecule has 0 saturated carbocycles. The lowest BCUT2D eigenvalue weighted by Gasteiger charge is -2.32. The summed E-state index contributed by atoms with van der Waals surface area (Å²) in [5.41, 5.74) is 10.9. The molecule has 0 fully saturated rings. The van der Waals surface area contributed by atoms with E-state index in [2.05, 4.69) is 82.6 Å². The Morgan fingerprint density at radius 1 is 0.268 bits per heavy atom. The molecule has 82 heavy (non-hydrogen) atoms. The molecule has 2 aliphatic rings. The molecular formula is C72H46N6O4. The number of imide groups is 2. The largest absolute Gasteiger partial charge is 0.311 e. The molecule has 4 amide bonds. The smallest absolute Gasteiger partial charge is 0.266 e. The van der Waals surface area contributed by atoms with E-state index in [4.69, 9.17) is 9.98 Å². The maximum atomic E-state index is 14.8. The molecule has 0 spiro atoms. The molecule has 0 aromatic heterocycles. The van der Waals surface area contributed by atoms with Crippen molar-refractivity contribution in [3.8, 4) is 0 Å². The number of carbonyl (C=O) groups excluding carboxylic acids is 4. The number of hydrogen-bond donors (Lipinski definition) is 0. The highest BCUT2D eigenvalue weighted by Crippen LogP contribution is 2.44. The summed E-state index contributed by atoms with van der Waals surface area (Å²) in [4.78, 5) is 76.0. The Balaban J connectivity index is 0.737. The molecule has 0 saturated heterocycles. The minimum atomic E-state index is -0.565. The second-order valence-electron chi connectivity index (χ2n) is 20.0. The fourth-order valence-electron chi connectivity index (χ4n) is 11.4. The van der Waals surface area contributed by atoms with Crippen LogP contribution in [0.1, 0.15) is 52.6 Å². The van der Waals surface area contributed by atoms with Gasteiger partial charge in [-0.05, 0) is 132 Å². The maximum absolute atomic E-state index is 14.8. The number of carbonyl (C=O) groups is 4. The Labute approximate surface area is 472 Å². The van der Waals surface area contributed by atoms with Gasteiger partial charge in [0.25, 0.3) is 23.6 Å². The standard InChI is InChI=1S/C72H46N6O4/c79-69-59-41-43-61-68-62(72(82)78(71(61)81)66-32-16-26-56-58(66)28-14-30-64(56)74-46-48-35-39-54(40-36-48)76(51-21-9-3-10-22-51)52-23-11-4-12-24-52)44-42-60(67(59)68)70(80)77(69)65-31-15-25-55-57(65)27-13-29-63(55)73-45-47-33-37-53(38-34-47)75(49-17-5-1-6-18-49)50-19-7-2-8-20-50/h1-46H. The van der Waals surface area contributed by atoms with Gasteiger partial charge in [-0.25, -0.2) is 9.80 Å². The average Bonchev–Trinajstić information content (AvgIpc) is 1.57. The van der Waals surface area contributed by atoms with E-state index in [1.54, 1.807) is 48.8 Å². The zero-order chi connectivity index (χ0) is 55.3. The van der Waals surface area contributed by atoms with E-state index in [0.29, 0.717) is 33.5 Å². The summed E-state index contributed by atoms with van der Waals surface area (Å²) in [6.07, 6.45) is 3.61. The molecule has 2 aliphatic heterocycles. The lowest BCUT2D eigenvalue weighted by atomic mass is 9.85. The van der Waals surface area contributed by atoms with Crippen molar-refractivity contribution < 1.29 is 19.2 Å². The van der Waals surface area contributed by atoms with Gasteiger partial charge in [0.2, 0.25) is 0 Å². The zero-order valence-electron chi connectivity index (χ0n) is 43.9. The third-order valence-electron chi connectivity index (χ3n) is 15.2. The molecule has 2 heterocycles. The van der Waals surface area contributed by atoms with Crippen LogP contribution in [0.4, 0.5) is 56.9 Å². The first-order chi connectivity index (χ1) is 40.4. The van der Waals surface area contributed by atoms with Gasteiger partial charge in [0, 0.05) is 101 Å². The van der Waals surface area contributed by atoms with Crippen molar-refractivity contribution in [2.75, 3.05) is 19.6 Å². The van der Waals surface area contributed by atoms with Gasteiger partial charge in [-0.2, -0.15) is 0 Å². The van der Waals surface area contributed by atoms with Crippen molar-refractivity contribution >= 4 is 125 Å². The van der Waals surface area contributed by atoms with Gasteiger partial charge in [0.15, 0.2) is 0 Å². The predicted octanol–water partition coefficient (Wildman–Crippen LogP) is 17.2. The van der Waals surface area contributed by atoms with E-state index in [1.807, 2.05) is 158 Å². The molecule has 0 N–H and O–H groups in total. The van der Waals surface area contributed by atoms with Crippen molar-refractivity contribution in [3.63, 3.8) is 0 Å². The molecular weight excluding hydrogens is 1010 g/mol. The highest BCUT2D eigenvalue weighted by Gasteiger charge is 2.41. The number of aliphatic imine (C=N–C) groups is 2. The molecule has 388 valence electrons. The number of amides is 4. The van der Waals surface area contributed by atoms with E-state index >= 15 is 0 Å². The molecule has 14 rings (SSSR count). The molecule has 12 aromatic carbocycles. The van der Waals surface area contributed by atoms with Gasteiger partial charge in [0.1, 0.15) is 0 Å². The molecule has 10 heteroatoms. The Hall–Kier alpha value is -11.4. The Bertz CT molecular complexity index is 4150. The minimum Gasteiger partial charge on any atom is -0.311 e. The number of fused-ring (bicyclic) bond motifs is 2. The van der Waals surface area contributed by atoms with Gasteiger partial charge < -0.3 is 9.80 Å². The van der Waals surface area contributed by atoms with E-state index in [-0.39, 0.29) is 33.0 Å². The third kappa shape index (κ3) is 8.46. The predicted molar refractivity (Wildman–Crippen MR) is 331 cm³/mol. The van der Waals surface area contributed by atoms with Crippen molar-refractivity contribution in [2.24, 2.45) is 9.98 Å². The molecule has 12 aromatic rings. The van der Waals surface area contributed by atoms with Crippen LogP contribution in [-0.4, -0.2) is 36.1 Å². The number of rotatable bonds is 12. The maximum Gasteiger partial charge on any atom is 0.266 e. The fraction of sp³-hybridized carbons (Fsp3) is 0. The SMILES string of the molecule is O=C1c2ccc3c4c(ccc(c24)C(=O)N1c1cccc2c(N=Cc4ccc(N(c5ccccc5)c5ccccc5)cc4)cccc12)C(=O)N(c1cccc2c(N=Cc4ccc(N(c5ccccc5)c5ccccc5)cc4)cccc12)C3=O. The number of nitrogens with zero attached hydrogens (tertiary/aromatic N) is 6. The fourth-order valence-corrected chi connectivity index (χ4v) is 11.4. The first kappa shape index (κ1) is 49.0. The Kier molecular flexibility index (Phi) is 12.2. The first-order valence-electron chi connectivity index (χ1n) is 26.9. The van der Waals surface area contributed by atoms with Crippen LogP contribution in [0.5, 0.6) is 0 Å². The lowest BCUT2D eigenvalue weighted by Crippen LogP contribution is -2.43. The second kappa shape index (κ2) is 20.5. The summed E-state index contributed by atoms with van der Waals surface area (Å²) in [6.45, 7) is 0. The summed E-state index contributed by atoms with van der Waals surface area (Å²) >= 11 is 0. The molecule has 0 aliphatic carbocycles. The summed E-state index contributed by atoms with van der Waals surface area (Å²) in [5.74, 6) is -2.26. The van der Waals surface area contributed by atoms with E-state index < -0.39 is 23.6 Å². The average molecular weight is 1060 g/mol.